The number of ether oxygens (including phenoxy) is 1. The number of benzene rings is 1. The molecule has 86 valence electrons. The predicted molar refractivity (Wildman–Crippen MR) is 59.8 cm³/mol. The van der Waals surface area contributed by atoms with E-state index in [4.69, 9.17) is 4.74 Å². The molecule has 2 aliphatic rings. The van der Waals surface area contributed by atoms with Gasteiger partial charge in [-0.25, -0.2) is 4.39 Å². The van der Waals surface area contributed by atoms with Crippen LogP contribution in [0.5, 0.6) is 0 Å². The van der Waals surface area contributed by atoms with Crippen LogP contribution in [0.25, 0.3) is 0 Å². The van der Waals surface area contributed by atoms with E-state index in [1.807, 2.05) is 6.07 Å². The second-order valence-electron chi connectivity index (χ2n) is 4.56. The van der Waals surface area contributed by atoms with Crippen LogP contribution in [-0.2, 0) is 11.2 Å². The van der Waals surface area contributed by atoms with Gasteiger partial charge in [-0.2, -0.15) is 0 Å². The van der Waals surface area contributed by atoms with E-state index in [-0.39, 0.29) is 18.0 Å². The summed E-state index contributed by atoms with van der Waals surface area (Å²) in [5.41, 5.74) is 1.90. The zero-order chi connectivity index (χ0) is 11.0. The summed E-state index contributed by atoms with van der Waals surface area (Å²) in [6.45, 7) is 1.73. The SMILES string of the molecule is Fc1cccc2c1[C@H]([C@H]1CCCN1)OCC2. The molecule has 0 aliphatic carbocycles. The Hall–Kier alpha value is -0.930. The molecule has 0 spiro atoms. The van der Waals surface area contributed by atoms with Gasteiger partial charge in [0.25, 0.3) is 0 Å². The maximum absolute atomic E-state index is 13.9. The molecule has 2 heterocycles. The van der Waals surface area contributed by atoms with Gasteiger partial charge in [0.2, 0.25) is 0 Å². The molecule has 1 aromatic carbocycles. The molecule has 0 radical (unpaired) electrons. The van der Waals surface area contributed by atoms with Crippen molar-refractivity contribution in [2.75, 3.05) is 13.2 Å². The normalized spacial score (nSPS) is 29.1. The lowest BCUT2D eigenvalue weighted by Crippen LogP contribution is -2.34. The van der Waals surface area contributed by atoms with Crippen molar-refractivity contribution in [3.8, 4) is 0 Å². The molecule has 1 fully saturated rings. The Labute approximate surface area is 94.8 Å². The van der Waals surface area contributed by atoms with Crippen LogP contribution < -0.4 is 5.32 Å². The summed E-state index contributed by atoms with van der Waals surface area (Å²) >= 11 is 0. The Kier molecular flexibility index (Phi) is 2.65. The molecule has 2 nitrogen and oxygen atoms in total. The number of hydrogen-bond acceptors (Lipinski definition) is 2. The van der Waals surface area contributed by atoms with E-state index in [1.54, 1.807) is 6.07 Å². The van der Waals surface area contributed by atoms with Gasteiger partial charge >= 0.3 is 0 Å². The molecule has 2 aliphatic heterocycles. The van der Waals surface area contributed by atoms with E-state index in [9.17, 15) is 4.39 Å². The smallest absolute Gasteiger partial charge is 0.129 e. The van der Waals surface area contributed by atoms with E-state index in [0.29, 0.717) is 6.61 Å². The first-order valence-electron chi connectivity index (χ1n) is 5.98. The van der Waals surface area contributed by atoms with E-state index in [0.717, 1.165) is 36.9 Å². The van der Waals surface area contributed by atoms with Crippen molar-refractivity contribution in [1.29, 1.82) is 0 Å². The van der Waals surface area contributed by atoms with Gasteiger partial charge in [-0.1, -0.05) is 12.1 Å². The Bertz CT molecular complexity index is 388. The first-order valence-corrected chi connectivity index (χ1v) is 5.98. The van der Waals surface area contributed by atoms with Crippen LogP contribution in [0.2, 0.25) is 0 Å². The molecule has 0 unspecified atom stereocenters. The average Bonchev–Trinajstić information content (AvgIpc) is 2.82. The minimum atomic E-state index is -0.115. The highest BCUT2D eigenvalue weighted by atomic mass is 19.1. The topological polar surface area (TPSA) is 21.3 Å². The van der Waals surface area contributed by atoms with Crippen molar-refractivity contribution in [3.63, 3.8) is 0 Å². The largest absolute Gasteiger partial charge is 0.371 e. The van der Waals surface area contributed by atoms with Gasteiger partial charge in [-0.15, -0.1) is 0 Å². The molecule has 0 aromatic heterocycles. The van der Waals surface area contributed by atoms with Gasteiger partial charge in [0.1, 0.15) is 11.9 Å². The average molecular weight is 221 g/mol. The van der Waals surface area contributed by atoms with Crippen LogP contribution in [-0.4, -0.2) is 19.2 Å². The standard InChI is InChI=1S/C13H16FNO/c14-10-4-1-3-9-6-8-16-13(12(9)10)11-5-2-7-15-11/h1,3-4,11,13,15H,2,5-8H2/t11-,13+/m1/s1. The molecule has 1 saturated heterocycles. The molecule has 3 rings (SSSR count). The lowest BCUT2D eigenvalue weighted by atomic mass is 9.92. The Balaban J connectivity index is 1.98. The molecule has 1 N–H and O–H groups in total. The zero-order valence-corrected chi connectivity index (χ0v) is 9.21. The summed E-state index contributed by atoms with van der Waals surface area (Å²) < 4.78 is 19.6. The van der Waals surface area contributed by atoms with E-state index in [1.165, 1.54) is 6.07 Å². The van der Waals surface area contributed by atoms with Crippen molar-refractivity contribution >= 4 is 0 Å². The fourth-order valence-corrected chi connectivity index (χ4v) is 2.78. The summed E-state index contributed by atoms with van der Waals surface area (Å²) in [4.78, 5) is 0. The minimum Gasteiger partial charge on any atom is -0.371 e. The fourth-order valence-electron chi connectivity index (χ4n) is 2.78. The first kappa shape index (κ1) is 10.2. The second kappa shape index (κ2) is 4.15. The van der Waals surface area contributed by atoms with Gasteiger partial charge in [0, 0.05) is 11.6 Å². The highest BCUT2D eigenvalue weighted by molar-refractivity contribution is 5.33. The third kappa shape index (κ3) is 1.64. The van der Waals surface area contributed by atoms with Crippen LogP contribution in [0, 0.1) is 5.82 Å². The molecule has 16 heavy (non-hydrogen) atoms. The van der Waals surface area contributed by atoms with E-state index >= 15 is 0 Å². The lowest BCUT2D eigenvalue weighted by molar-refractivity contribution is 0.0172. The van der Waals surface area contributed by atoms with Crippen LogP contribution in [0.1, 0.15) is 30.1 Å². The van der Waals surface area contributed by atoms with Crippen molar-refractivity contribution in [2.24, 2.45) is 0 Å². The molecular weight excluding hydrogens is 205 g/mol. The van der Waals surface area contributed by atoms with Crippen LogP contribution in [0.3, 0.4) is 0 Å². The van der Waals surface area contributed by atoms with Gasteiger partial charge in [-0.3, -0.25) is 0 Å². The molecule has 0 saturated carbocycles. The summed E-state index contributed by atoms with van der Waals surface area (Å²) in [5.74, 6) is -0.115. The maximum atomic E-state index is 13.9. The van der Waals surface area contributed by atoms with Crippen molar-refractivity contribution in [2.45, 2.75) is 31.4 Å². The zero-order valence-electron chi connectivity index (χ0n) is 9.21. The van der Waals surface area contributed by atoms with Gasteiger partial charge < -0.3 is 10.1 Å². The summed E-state index contributed by atoms with van der Waals surface area (Å²) in [6, 6.07) is 5.63. The Morgan fingerprint density at radius 3 is 3.12 bits per heavy atom. The van der Waals surface area contributed by atoms with Crippen LogP contribution >= 0.6 is 0 Å². The monoisotopic (exact) mass is 221 g/mol. The fraction of sp³-hybridized carbons (Fsp3) is 0.538. The van der Waals surface area contributed by atoms with Crippen molar-refractivity contribution in [1.82, 2.24) is 5.32 Å². The Morgan fingerprint density at radius 2 is 2.31 bits per heavy atom. The second-order valence-corrected chi connectivity index (χ2v) is 4.56. The number of rotatable bonds is 1. The summed E-state index contributed by atoms with van der Waals surface area (Å²) in [5, 5.41) is 3.40. The van der Waals surface area contributed by atoms with Gasteiger partial charge in [-0.05, 0) is 37.4 Å². The van der Waals surface area contributed by atoms with Crippen molar-refractivity contribution in [3.05, 3.63) is 35.1 Å². The quantitative estimate of drug-likeness (QED) is 0.785. The molecule has 2 atom stereocenters. The molecular formula is C13H16FNO. The number of hydrogen-bond donors (Lipinski definition) is 1. The summed E-state index contributed by atoms with van der Waals surface area (Å²) in [7, 11) is 0. The maximum Gasteiger partial charge on any atom is 0.129 e. The number of fused-ring (bicyclic) bond motifs is 1. The third-order valence-corrected chi connectivity index (χ3v) is 3.56. The van der Waals surface area contributed by atoms with Crippen LogP contribution in [0.15, 0.2) is 18.2 Å². The van der Waals surface area contributed by atoms with E-state index in [2.05, 4.69) is 5.32 Å². The number of halogens is 1. The molecule has 1 aromatic rings. The van der Waals surface area contributed by atoms with E-state index < -0.39 is 0 Å². The molecule has 3 heteroatoms. The third-order valence-electron chi connectivity index (χ3n) is 3.56. The van der Waals surface area contributed by atoms with Crippen molar-refractivity contribution < 1.29 is 9.13 Å². The summed E-state index contributed by atoms with van der Waals surface area (Å²) in [6.07, 6.45) is 2.98. The minimum absolute atomic E-state index is 0.0903. The predicted octanol–water partition coefficient (Wildman–Crippen LogP) is 2.19. The van der Waals surface area contributed by atoms with Gasteiger partial charge in [0.15, 0.2) is 0 Å². The molecule has 0 amide bonds. The number of nitrogens with one attached hydrogen (secondary N) is 1. The lowest BCUT2D eigenvalue weighted by Gasteiger charge is -2.30. The highest BCUT2D eigenvalue weighted by Crippen LogP contribution is 2.34. The van der Waals surface area contributed by atoms with Crippen LogP contribution in [0.4, 0.5) is 4.39 Å². The Morgan fingerprint density at radius 1 is 1.38 bits per heavy atom. The van der Waals surface area contributed by atoms with Gasteiger partial charge in [0.05, 0.1) is 6.61 Å². The first-order chi connectivity index (χ1) is 7.86. The molecule has 0 bridgehead atoms. The highest BCUT2D eigenvalue weighted by Gasteiger charge is 2.32.